The van der Waals surface area contributed by atoms with E-state index in [0.717, 1.165) is 45.5 Å². The van der Waals surface area contributed by atoms with Crippen LogP contribution in [-0.2, 0) is 13.0 Å². The maximum absolute atomic E-state index is 7.32. The van der Waals surface area contributed by atoms with Gasteiger partial charge in [0.05, 0.1) is 12.3 Å². The van der Waals surface area contributed by atoms with E-state index < -0.39 is 0 Å². The monoisotopic (exact) mass is 465 g/mol. The van der Waals surface area contributed by atoms with Crippen LogP contribution in [0.15, 0.2) is 36.4 Å². The Morgan fingerprint density at radius 1 is 1.10 bits per heavy atom. The second-order valence-corrected chi connectivity index (χ2v) is 8.17. The fourth-order valence-corrected chi connectivity index (χ4v) is 3.16. The van der Waals surface area contributed by atoms with Crippen LogP contribution in [-0.4, -0.2) is 15.7 Å². The first-order valence-corrected chi connectivity index (χ1v) is 9.59. The van der Waals surface area contributed by atoms with Crippen molar-refractivity contribution < 1.29 is 0 Å². The molecule has 0 atom stereocenters. The molecule has 0 unspecified atom stereocenters. The standard InChI is InChI=1S/C22H24ClN5.2ClH/c1-14-5-6-15(11-19(14)23)13-26-21-18-12-16(25-4)7-8-17(18)20(27-28-21)9-10-22(2,3)24;;/h5-8,11-12H,9-10,13,24H2,1-3H3,(H,26,28);2*1H. The summed E-state index contributed by atoms with van der Waals surface area (Å²) in [6.45, 7) is 13.9. The summed E-state index contributed by atoms with van der Waals surface area (Å²) in [5.74, 6) is 0.660. The Labute approximate surface area is 195 Å². The molecule has 1 aromatic heterocycles. The van der Waals surface area contributed by atoms with E-state index in [1.807, 2.05) is 57.2 Å². The lowest BCUT2D eigenvalue weighted by Crippen LogP contribution is -2.32. The number of hydrogen-bond acceptors (Lipinski definition) is 4. The third kappa shape index (κ3) is 6.45. The second kappa shape index (κ2) is 10.8. The number of fused-ring (bicyclic) bond motifs is 1. The highest BCUT2D eigenvalue weighted by molar-refractivity contribution is 6.31. The van der Waals surface area contributed by atoms with Gasteiger partial charge in [-0.2, -0.15) is 5.10 Å². The average molecular weight is 467 g/mol. The van der Waals surface area contributed by atoms with E-state index in [-0.39, 0.29) is 30.4 Å². The van der Waals surface area contributed by atoms with Crippen molar-refractivity contribution in [3.8, 4) is 0 Å². The van der Waals surface area contributed by atoms with Crippen molar-refractivity contribution in [3.05, 3.63) is 69.7 Å². The van der Waals surface area contributed by atoms with Gasteiger partial charge in [0.1, 0.15) is 0 Å². The molecule has 0 aliphatic carbocycles. The molecule has 3 aromatic rings. The summed E-state index contributed by atoms with van der Waals surface area (Å²) in [6.07, 6.45) is 1.54. The number of hydrogen-bond donors (Lipinski definition) is 2. The molecule has 0 amide bonds. The van der Waals surface area contributed by atoms with Gasteiger partial charge in [0, 0.05) is 27.9 Å². The number of aryl methyl sites for hydroxylation is 2. The molecule has 0 saturated heterocycles. The highest BCUT2D eigenvalue weighted by Gasteiger charge is 2.15. The second-order valence-electron chi connectivity index (χ2n) is 7.76. The molecule has 0 fully saturated rings. The highest BCUT2D eigenvalue weighted by Crippen LogP contribution is 2.29. The summed E-state index contributed by atoms with van der Waals surface area (Å²) in [5.41, 5.74) is 9.43. The fourth-order valence-electron chi connectivity index (χ4n) is 2.96. The molecule has 1 heterocycles. The number of nitrogens with two attached hydrogens (primary N) is 1. The van der Waals surface area contributed by atoms with Crippen LogP contribution in [0, 0.1) is 13.5 Å². The molecule has 30 heavy (non-hydrogen) atoms. The molecular formula is C22H26Cl3N5. The Bertz CT molecular complexity index is 1060. The van der Waals surface area contributed by atoms with Gasteiger partial charge in [-0.05, 0) is 56.9 Å². The minimum absolute atomic E-state index is 0. The first kappa shape index (κ1) is 25.9. The lowest BCUT2D eigenvalue weighted by Gasteiger charge is -2.18. The molecule has 5 nitrogen and oxygen atoms in total. The number of halogens is 3. The number of aromatic nitrogens is 2. The fraction of sp³-hybridized carbons (Fsp3) is 0.318. The van der Waals surface area contributed by atoms with Crippen LogP contribution in [0.5, 0.6) is 0 Å². The largest absolute Gasteiger partial charge is 0.364 e. The Morgan fingerprint density at radius 2 is 1.83 bits per heavy atom. The number of anilines is 1. The van der Waals surface area contributed by atoms with Gasteiger partial charge in [-0.3, -0.25) is 0 Å². The van der Waals surface area contributed by atoms with Gasteiger partial charge in [-0.25, -0.2) is 4.85 Å². The van der Waals surface area contributed by atoms with E-state index in [2.05, 4.69) is 20.4 Å². The smallest absolute Gasteiger partial charge is 0.188 e. The van der Waals surface area contributed by atoms with Crippen molar-refractivity contribution >= 4 is 58.7 Å². The van der Waals surface area contributed by atoms with Crippen LogP contribution in [0.3, 0.4) is 0 Å². The normalized spacial score (nSPS) is 10.7. The SMILES string of the molecule is Cl.Cl.[C-]#[N+]c1ccc2c(CCC(C)(C)N)nnc(NCc3ccc(C)c(Cl)c3)c2c1. The summed E-state index contributed by atoms with van der Waals surface area (Å²) in [6, 6.07) is 11.6. The first-order chi connectivity index (χ1) is 13.3. The Kier molecular flexibility index (Phi) is 9.33. The van der Waals surface area contributed by atoms with Gasteiger partial charge in [-0.1, -0.05) is 35.9 Å². The van der Waals surface area contributed by atoms with Crippen molar-refractivity contribution in [3.63, 3.8) is 0 Å². The van der Waals surface area contributed by atoms with Crippen LogP contribution in [0.2, 0.25) is 5.02 Å². The zero-order valence-corrected chi connectivity index (χ0v) is 19.6. The van der Waals surface area contributed by atoms with Crippen LogP contribution < -0.4 is 11.1 Å². The van der Waals surface area contributed by atoms with Gasteiger partial charge in [-0.15, -0.1) is 29.9 Å². The van der Waals surface area contributed by atoms with Crippen molar-refractivity contribution in [2.24, 2.45) is 5.73 Å². The van der Waals surface area contributed by atoms with Gasteiger partial charge in [0.15, 0.2) is 11.5 Å². The molecule has 160 valence electrons. The molecule has 0 aliphatic rings. The van der Waals surface area contributed by atoms with E-state index in [9.17, 15) is 0 Å². The third-order valence-corrected chi connectivity index (χ3v) is 5.08. The average Bonchev–Trinajstić information content (AvgIpc) is 2.66. The Morgan fingerprint density at radius 3 is 2.47 bits per heavy atom. The van der Waals surface area contributed by atoms with Crippen LogP contribution in [0.4, 0.5) is 11.5 Å². The molecule has 0 saturated carbocycles. The van der Waals surface area contributed by atoms with Crippen molar-refractivity contribution in [2.45, 2.75) is 45.7 Å². The summed E-state index contributed by atoms with van der Waals surface area (Å²) < 4.78 is 0. The van der Waals surface area contributed by atoms with E-state index in [4.69, 9.17) is 23.9 Å². The number of nitrogens with one attached hydrogen (secondary N) is 1. The minimum Gasteiger partial charge on any atom is -0.364 e. The lowest BCUT2D eigenvalue weighted by atomic mass is 9.97. The van der Waals surface area contributed by atoms with Gasteiger partial charge in [0.25, 0.3) is 0 Å². The summed E-state index contributed by atoms with van der Waals surface area (Å²) in [7, 11) is 0. The maximum atomic E-state index is 7.32. The molecule has 0 aliphatic heterocycles. The topological polar surface area (TPSA) is 68.2 Å². The molecule has 3 N–H and O–H groups in total. The van der Waals surface area contributed by atoms with E-state index in [1.165, 1.54) is 0 Å². The van der Waals surface area contributed by atoms with Gasteiger partial charge < -0.3 is 11.1 Å². The molecule has 2 aromatic carbocycles. The van der Waals surface area contributed by atoms with E-state index >= 15 is 0 Å². The van der Waals surface area contributed by atoms with Crippen LogP contribution >= 0.6 is 36.4 Å². The van der Waals surface area contributed by atoms with E-state index in [1.54, 1.807) is 0 Å². The first-order valence-electron chi connectivity index (χ1n) is 9.21. The molecular weight excluding hydrogens is 441 g/mol. The summed E-state index contributed by atoms with van der Waals surface area (Å²) in [5, 5.41) is 14.8. The molecule has 3 rings (SSSR count). The predicted molar refractivity (Wildman–Crippen MR) is 130 cm³/mol. The molecule has 8 heteroatoms. The van der Waals surface area contributed by atoms with Crippen LogP contribution in [0.1, 0.15) is 37.1 Å². The molecule has 0 spiro atoms. The molecule has 0 radical (unpaired) electrons. The Balaban J connectivity index is 0.00000225. The van der Waals surface area contributed by atoms with Crippen molar-refractivity contribution in [1.29, 1.82) is 0 Å². The predicted octanol–water partition coefficient (Wildman–Crippen LogP) is 6.27. The maximum Gasteiger partial charge on any atom is 0.188 e. The Hall–Kier alpha value is -2.10. The number of rotatable bonds is 6. The summed E-state index contributed by atoms with van der Waals surface area (Å²) in [4.78, 5) is 3.55. The highest BCUT2D eigenvalue weighted by atomic mass is 35.5. The summed E-state index contributed by atoms with van der Waals surface area (Å²) >= 11 is 6.22. The van der Waals surface area contributed by atoms with Gasteiger partial charge >= 0.3 is 0 Å². The number of nitrogens with zero attached hydrogens (tertiary/aromatic N) is 3. The van der Waals surface area contributed by atoms with Crippen molar-refractivity contribution in [1.82, 2.24) is 10.2 Å². The van der Waals surface area contributed by atoms with E-state index in [0.29, 0.717) is 18.1 Å². The number of benzene rings is 2. The minimum atomic E-state index is -0.272. The zero-order valence-electron chi connectivity index (χ0n) is 17.2. The quantitative estimate of drug-likeness (QED) is 0.420. The zero-order chi connectivity index (χ0) is 20.3. The van der Waals surface area contributed by atoms with Crippen LogP contribution in [0.25, 0.3) is 15.6 Å². The lowest BCUT2D eigenvalue weighted by molar-refractivity contribution is 0.474. The van der Waals surface area contributed by atoms with Crippen molar-refractivity contribution in [2.75, 3.05) is 5.32 Å². The van der Waals surface area contributed by atoms with Gasteiger partial charge in [0.2, 0.25) is 0 Å². The third-order valence-electron chi connectivity index (χ3n) is 4.67. The molecule has 0 bridgehead atoms.